The zero-order chi connectivity index (χ0) is 9.84. The average Bonchev–Trinajstić information content (AvgIpc) is 2.15. The van der Waals surface area contributed by atoms with Crippen molar-refractivity contribution in [2.45, 2.75) is 12.8 Å². The van der Waals surface area contributed by atoms with Crippen LogP contribution in [0, 0.1) is 11.3 Å². The van der Waals surface area contributed by atoms with Crippen molar-refractivity contribution >= 4 is 6.29 Å². The highest BCUT2D eigenvalue weighted by Crippen LogP contribution is 2.20. The molecule has 3 heteroatoms. The minimum atomic E-state index is -0.292. The summed E-state index contributed by atoms with van der Waals surface area (Å²) < 4.78 is 0. The first kappa shape index (κ1) is 9.27. The zero-order valence-corrected chi connectivity index (χ0v) is 7.19. The molecule has 0 amide bonds. The number of aromatic hydroxyl groups is 1. The van der Waals surface area contributed by atoms with Crippen LogP contribution in [-0.4, -0.2) is 11.4 Å². The second kappa shape index (κ2) is 3.72. The minimum Gasteiger partial charge on any atom is -0.508 e. The van der Waals surface area contributed by atoms with Crippen LogP contribution in [0.15, 0.2) is 18.2 Å². The number of nitriles is 1. The first-order chi connectivity index (χ1) is 6.17. The third-order valence-corrected chi connectivity index (χ3v) is 1.80. The molecular weight excluding hydrogens is 166 g/mol. The van der Waals surface area contributed by atoms with Crippen LogP contribution in [-0.2, 0) is 4.79 Å². The van der Waals surface area contributed by atoms with Crippen molar-refractivity contribution in [1.29, 1.82) is 5.26 Å². The van der Waals surface area contributed by atoms with E-state index in [2.05, 4.69) is 0 Å². The smallest absolute Gasteiger partial charge is 0.127 e. The number of benzene rings is 1. The number of hydrogen-bond donors (Lipinski definition) is 1. The van der Waals surface area contributed by atoms with E-state index in [0.717, 1.165) is 6.29 Å². The van der Waals surface area contributed by atoms with Crippen LogP contribution in [0.2, 0.25) is 0 Å². The second-order valence-corrected chi connectivity index (χ2v) is 2.85. The standard InChI is InChI=1S/C10H9NO2/c1-7(6-12)9-2-8(5-11)3-10(13)4-9/h2-4,6-7,13H,1H3. The summed E-state index contributed by atoms with van der Waals surface area (Å²) in [5.41, 5.74) is 1.02. The van der Waals surface area contributed by atoms with Crippen LogP contribution in [0.3, 0.4) is 0 Å². The van der Waals surface area contributed by atoms with Crippen LogP contribution >= 0.6 is 0 Å². The Labute approximate surface area is 76.2 Å². The first-order valence-electron chi connectivity index (χ1n) is 3.86. The Morgan fingerprint density at radius 3 is 2.77 bits per heavy atom. The number of carbonyl (C=O) groups excluding carboxylic acids is 1. The van der Waals surface area contributed by atoms with Gasteiger partial charge in [0.25, 0.3) is 0 Å². The molecule has 1 N–H and O–H groups in total. The SMILES string of the molecule is CC(C=O)c1cc(O)cc(C#N)c1. The normalized spacial score (nSPS) is 11.7. The number of nitrogens with zero attached hydrogens (tertiary/aromatic N) is 1. The molecule has 0 fully saturated rings. The van der Waals surface area contributed by atoms with E-state index >= 15 is 0 Å². The lowest BCUT2D eigenvalue weighted by atomic mass is 10.0. The predicted molar refractivity (Wildman–Crippen MR) is 47.3 cm³/mol. The molecule has 0 heterocycles. The molecule has 0 aliphatic carbocycles. The predicted octanol–water partition coefficient (Wildman–Crippen LogP) is 1.57. The fourth-order valence-electron chi connectivity index (χ4n) is 1.04. The molecule has 66 valence electrons. The van der Waals surface area contributed by atoms with Gasteiger partial charge in [-0.1, -0.05) is 6.92 Å². The summed E-state index contributed by atoms with van der Waals surface area (Å²) in [6.07, 6.45) is 0.774. The van der Waals surface area contributed by atoms with Gasteiger partial charge in [0, 0.05) is 5.92 Å². The van der Waals surface area contributed by atoms with E-state index in [0.29, 0.717) is 11.1 Å². The van der Waals surface area contributed by atoms with Gasteiger partial charge in [0.1, 0.15) is 12.0 Å². The highest BCUT2D eigenvalue weighted by molar-refractivity contribution is 5.62. The highest BCUT2D eigenvalue weighted by atomic mass is 16.3. The second-order valence-electron chi connectivity index (χ2n) is 2.85. The largest absolute Gasteiger partial charge is 0.508 e. The van der Waals surface area contributed by atoms with Crippen LogP contribution in [0.4, 0.5) is 0 Å². The Balaban J connectivity index is 3.17. The Morgan fingerprint density at radius 1 is 1.54 bits per heavy atom. The number of rotatable bonds is 2. The number of phenols is 1. The van der Waals surface area contributed by atoms with Gasteiger partial charge >= 0.3 is 0 Å². The minimum absolute atomic E-state index is 0.0164. The Hall–Kier alpha value is -1.82. The molecule has 3 nitrogen and oxygen atoms in total. The van der Waals surface area contributed by atoms with Gasteiger partial charge in [-0.05, 0) is 23.8 Å². The third kappa shape index (κ3) is 2.06. The molecule has 1 aromatic rings. The molecule has 1 rings (SSSR count). The first-order valence-corrected chi connectivity index (χ1v) is 3.86. The van der Waals surface area contributed by atoms with E-state index in [9.17, 15) is 9.90 Å². The fraction of sp³-hybridized carbons (Fsp3) is 0.200. The summed E-state index contributed by atoms with van der Waals surface area (Å²) >= 11 is 0. The van der Waals surface area contributed by atoms with Crippen LogP contribution in [0.1, 0.15) is 24.0 Å². The maximum atomic E-state index is 10.5. The number of aldehydes is 1. The van der Waals surface area contributed by atoms with E-state index in [1.54, 1.807) is 13.0 Å². The van der Waals surface area contributed by atoms with E-state index in [4.69, 9.17) is 5.26 Å². The van der Waals surface area contributed by atoms with Crippen LogP contribution < -0.4 is 0 Å². The number of carbonyl (C=O) groups is 1. The summed E-state index contributed by atoms with van der Waals surface area (Å²) in [5, 5.41) is 17.8. The quantitative estimate of drug-likeness (QED) is 0.694. The molecule has 0 saturated carbocycles. The molecule has 1 unspecified atom stereocenters. The van der Waals surface area contributed by atoms with Gasteiger partial charge in [0.05, 0.1) is 11.6 Å². The van der Waals surface area contributed by atoms with Crippen molar-refractivity contribution in [3.8, 4) is 11.8 Å². The lowest BCUT2D eigenvalue weighted by Gasteiger charge is -2.04. The van der Waals surface area contributed by atoms with Crippen molar-refractivity contribution in [1.82, 2.24) is 0 Å². The van der Waals surface area contributed by atoms with Crippen molar-refractivity contribution in [2.75, 3.05) is 0 Å². The van der Waals surface area contributed by atoms with Gasteiger partial charge < -0.3 is 9.90 Å². The Morgan fingerprint density at radius 2 is 2.23 bits per heavy atom. The molecule has 1 aromatic carbocycles. The summed E-state index contributed by atoms with van der Waals surface area (Å²) in [6.45, 7) is 1.71. The maximum absolute atomic E-state index is 10.5. The molecule has 0 aliphatic heterocycles. The number of phenolic OH excluding ortho intramolecular Hbond substituents is 1. The Kier molecular flexibility index (Phi) is 2.65. The van der Waals surface area contributed by atoms with Gasteiger partial charge in [-0.25, -0.2) is 0 Å². The molecule has 1 atom stereocenters. The summed E-state index contributed by atoms with van der Waals surface area (Å²) in [5.74, 6) is -0.276. The number of hydrogen-bond acceptors (Lipinski definition) is 3. The summed E-state index contributed by atoms with van der Waals surface area (Å²) in [6, 6.07) is 6.36. The van der Waals surface area contributed by atoms with Crippen molar-refractivity contribution in [3.05, 3.63) is 29.3 Å². The van der Waals surface area contributed by atoms with E-state index in [1.807, 2.05) is 6.07 Å². The van der Waals surface area contributed by atoms with Crippen molar-refractivity contribution in [3.63, 3.8) is 0 Å². The third-order valence-electron chi connectivity index (χ3n) is 1.80. The molecule has 0 bridgehead atoms. The Bertz CT molecular complexity index is 366. The van der Waals surface area contributed by atoms with Crippen LogP contribution in [0.5, 0.6) is 5.75 Å². The van der Waals surface area contributed by atoms with Gasteiger partial charge in [0.15, 0.2) is 0 Å². The molecule has 0 spiro atoms. The maximum Gasteiger partial charge on any atom is 0.127 e. The van der Waals surface area contributed by atoms with E-state index in [1.165, 1.54) is 12.1 Å². The van der Waals surface area contributed by atoms with E-state index in [-0.39, 0.29) is 11.7 Å². The molecular formula is C10H9NO2. The van der Waals surface area contributed by atoms with E-state index < -0.39 is 0 Å². The lowest BCUT2D eigenvalue weighted by Crippen LogP contribution is -1.94. The highest BCUT2D eigenvalue weighted by Gasteiger charge is 2.06. The molecule has 0 aromatic heterocycles. The summed E-state index contributed by atoms with van der Waals surface area (Å²) in [7, 11) is 0. The van der Waals surface area contributed by atoms with Crippen molar-refractivity contribution in [2.24, 2.45) is 0 Å². The monoisotopic (exact) mass is 175 g/mol. The molecule has 0 radical (unpaired) electrons. The lowest BCUT2D eigenvalue weighted by molar-refractivity contribution is -0.108. The average molecular weight is 175 g/mol. The van der Waals surface area contributed by atoms with Gasteiger partial charge in [-0.2, -0.15) is 5.26 Å². The van der Waals surface area contributed by atoms with Gasteiger partial charge in [-0.15, -0.1) is 0 Å². The fourth-order valence-corrected chi connectivity index (χ4v) is 1.04. The summed E-state index contributed by atoms with van der Waals surface area (Å²) in [4.78, 5) is 10.5. The van der Waals surface area contributed by atoms with Gasteiger partial charge in [0.2, 0.25) is 0 Å². The van der Waals surface area contributed by atoms with Gasteiger partial charge in [-0.3, -0.25) is 0 Å². The van der Waals surface area contributed by atoms with Crippen molar-refractivity contribution < 1.29 is 9.90 Å². The zero-order valence-electron chi connectivity index (χ0n) is 7.19. The molecule has 0 saturated heterocycles. The van der Waals surface area contributed by atoms with Crippen LogP contribution in [0.25, 0.3) is 0 Å². The topological polar surface area (TPSA) is 61.1 Å². The molecule has 0 aliphatic rings. The molecule has 13 heavy (non-hydrogen) atoms.